The molecule has 0 bridgehead atoms. The number of nitrogens with zero attached hydrogens (tertiary/aromatic N) is 3. The summed E-state index contributed by atoms with van der Waals surface area (Å²) < 4.78 is 16.5. The SMILES string of the molecule is COc1cc(/C=C/C(=O)Nc2nc(-c3ccccn3)cs2)ccc1OCc1c(C)noc1C. The van der Waals surface area contributed by atoms with Crippen LogP contribution in [-0.2, 0) is 11.4 Å². The van der Waals surface area contributed by atoms with Crippen molar-refractivity contribution in [3.05, 3.63) is 76.6 Å². The van der Waals surface area contributed by atoms with Gasteiger partial charge in [-0.25, -0.2) is 4.98 Å². The molecule has 0 aliphatic heterocycles. The second kappa shape index (κ2) is 10.1. The molecule has 168 valence electrons. The van der Waals surface area contributed by atoms with Crippen LogP contribution in [0, 0.1) is 13.8 Å². The van der Waals surface area contributed by atoms with Crippen LogP contribution in [0.4, 0.5) is 5.13 Å². The van der Waals surface area contributed by atoms with Gasteiger partial charge in [-0.1, -0.05) is 17.3 Å². The molecule has 0 radical (unpaired) electrons. The number of amides is 1. The third-order valence-corrected chi connectivity index (χ3v) is 5.59. The summed E-state index contributed by atoms with van der Waals surface area (Å²) in [5.74, 6) is 1.59. The third kappa shape index (κ3) is 5.45. The lowest BCUT2D eigenvalue weighted by Gasteiger charge is -2.11. The molecule has 1 amide bonds. The van der Waals surface area contributed by atoms with Gasteiger partial charge in [0.2, 0.25) is 5.91 Å². The molecule has 0 unspecified atom stereocenters. The summed E-state index contributed by atoms with van der Waals surface area (Å²) in [4.78, 5) is 21.0. The summed E-state index contributed by atoms with van der Waals surface area (Å²) in [6.07, 6.45) is 4.85. The van der Waals surface area contributed by atoms with Gasteiger partial charge in [0.25, 0.3) is 0 Å². The smallest absolute Gasteiger partial charge is 0.250 e. The molecule has 0 saturated carbocycles. The number of nitrogens with one attached hydrogen (secondary N) is 1. The number of carbonyl (C=O) groups excluding carboxylic acids is 1. The fourth-order valence-corrected chi connectivity index (χ4v) is 3.75. The summed E-state index contributed by atoms with van der Waals surface area (Å²) in [6, 6.07) is 11.1. The average molecular weight is 463 g/mol. The van der Waals surface area contributed by atoms with Gasteiger partial charge in [0.1, 0.15) is 18.1 Å². The van der Waals surface area contributed by atoms with E-state index in [0.29, 0.717) is 23.2 Å². The van der Waals surface area contributed by atoms with E-state index in [1.54, 1.807) is 31.5 Å². The Morgan fingerprint density at radius 1 is 1.18 bits per heavy atom. The third-order valence-electron chi connectivity index (χ3n) is 4.83. The van der Waals surface area contributed by atoms with E-state index in [2.05, 4.69) is 20.4 Å². The minimum Gasteiger partial charge on any atom is -0.493 e. The van der Waals surface area contributed by atoms with Crippen LogP contribution < -0.4 is 14.8 Å². The van der Waals surface area contributed by atoms with E-state index < -0.39 is 0 Å². The fourth-order valence-electron chi connectivity index (χ4n) is 3.05. The monoisotopic (exact) mass is 462 g/mol. The van der Waals surface area contributed by atoms with Gasteiger partial charge in [-0.3, -0.25) is 15.1 Å². The first kappa shape index (κ1) is 22.2. The van der Waals surface area contributed by atoms with Gasteiger partial charge in [0, 0.05) is 17.7 Å². The van der Waals surface area contributed by atoms with Gasteiger partial charge in [-0.15, -0.1) is 11.3 Å². The number of benzene rings is 1. The molecule has 9 heteroatoms. The van der Waals surface area contributed by atoms with Crippen molar-refractivity contribution in [3.8, 4) is 22.9 Å². The number of aromatic nitrogens is 3. The van der Waals surface area contributed by atoms with Crippen LogP contribution in [0.5, 0.6) is 11.5 Å². The average Bonchev–Trinajstić information content (AvgIpc) is 3.43. The van der Waals surface area contributed by atoms with Gasteiger partial charge in [0.15, 0.2) is 16.6 Å². The largest absolute Gasteiger partial charge is 0.493 e. The molecule has 3 heterocycles. The van der Waals surface area contributed by atoms with Gasteiger partial charge in [0.05, 0.1) is 24.1 Å². The molecule has 1 aromatic carbocycles. The molecule has 0 aliphatic carbocycles. The van der Waals surface area contributed by atoms with Crippen LogP contribution in [0.3, 0.4) is 0 Å². The maximum atomic E-state index is 12.3. The zero-order valence-electron chi connectivity index (χ0n) is 18.4. The molecule has 4 rings (SSSR count). The number of rotatable bonds is 8. The van der Waals surface area contributed by atoms with E-state index in [1.165, 1.54) is 17.4 Å². The maximum absolute atomic E-state index is 12.3. The number of hydrogen-bond donors (Lipinski definition) is 1. The van der Waals surface area contributed by atoms with Crippen LogP contribution in [0.1, 0.15) is 22.6 Å². The molecule has 8 nitrogen and oxygen atoms in total. The number of anilines is 1. The highest BCUT2D eigenvalue weighted by molar-refractivity contribution is 7.14. The Kier molecular flexibility index (Phi) is 6.80. The van der Waals surface area contributed by atoms with Gasteiger partial charge in [-0.05, 0) is 49.8 Å². The van der Waals surface area contributed by atoms with Crippen LogP contribution in [0.2, 0.25) is 0 Å². The second-order valence-electron chi connectivity index (χ2n) is 7.08. The lowest BCUT2D eigenvalue weighted by atomic mass is 10.2. The number of ether oxygens (including phenoxy) is 2. The van der Waals surface area contributed by atoms with Gasteiger partial charge >= 0.3 is 0 Å². The summed E-state index contributed by atoms with van der Waals surface area (Å²) in [7, 11) is 1.57. The topological polar surface area (TPSA) is 99.4 Å². The number of carbonyl (C=O) groups is 1. The molecule has 33 heavy (non-hydrogen) atoms. The summed E-state index contributed by atoms with van der Waals surface area (Å²) >= 11 is 1.34. The second-order valence-corrected chi connectivity index (χ2v) is 7.94. The number of pyridine rings is 1. The highest BCUT2D eigenvalue weighted by Crippen LogP contribution is 2.30. The van der Waals surface area contributed by atoms with Gasteiger partial charge < -0.3 is 14.0 Å². The number of thiazole rings is 1. The van der Waals surface area contributed by atoms with Crippen molar-refractivity contribution in [2.24, 2.45) is 0 Å². The zero-order chi connectivity index (χ0) is 23.2. The zero-order valence-corrected chi connectivity index (χ0v) is 19.2. The van der Waals surface area contributed by atoms with E-state index in [4.69, 9.17) is 14.0 Å². The number of methoxy groups -OCH3 is 1. The normalized spacial score (nSPS) is 11.0. The van der Waals surface area contributed by atoms with E-state index in [1.807, 2.05) is 43.5 Å². The van der Waals surface area contributed by atoms with E-state index in [-0.39, 0.29) is 5.91 Å². The highest BCUT2D eigenvalue weighted by atomic mass is 32.1. The van der Waals surface area contributed by atoms with E-state index in [0.717, 1.165) is 34.0 Å². The molecular formula is C24H22N4O4S. The summed E-state index contributed by atoms with van der Waals surface area (Å²) in [5, 5.41) is 9.06. The molecule has 4 aromatic rings. The lowest BCUT2D eigenvalue weighted by molar-refractivity contribution is -0.111. The predicted octanol–water partition coefficient (Wildman–Crippen LogP) is 5.05. The Morgan fingerprint density at radius 2 is 2.06 bits per heavy atom. The maximum Gasteiger partial charge on any atom is 0.250 e. The molecule has 0 atom stereocenters. The molecule has 0 saturated heterocycles. The van der Waals surface area contributed by atoms with Crippen LogP contribution >= 0.6 is 11.3 Å². The first-order valence-corrected chi connectivity index (χ1v) is 11.0. The molecule has 1 N–H and O–H groups in total. The Balaban J connectivity index is 1.38. The van der Waals surface area contributed by atoms with Crippen molar-refractivity contribution in [1.82, 2.24) is 15.1 Å². The first-order chi connectivity index (χ1) is 16.0. The van der Waals surface area contributed by atoms with Crippen molar-refractivity contribution in [2.45, 2.75) is 20.5 Å². The molecule has 0 fully saturated rings. The van der Waals surface area contributed by atoms with Crippen molar-refractivity contribution >= 4 is 28.5 Å². The minimum atomic E-state index is -0.283. The Morgan fingerprint density at radius 3 is 2.79 bits per heavy atom. The fraction of sp³-hybridized carbons (Fsp3) is 0.167. The highest BCUT2D eigenvalue weighted by Gasteiger charge is 2.12. The lowest BCUT2D eigenvalue weighted by Crippen LogP contribution is -2.07. The number of aryl methyl sites for hydroxylation is 2. The first-order valence-electron chi connectivity index (χ1n) is 10.1. The predicted molar refractivity (Wildman–Crippen MR) is 126 cm³/mol. The Bertz CT molecular complexity index is 1260. The van der Waals surface area contributed by atoms with Gasteiger partial charge in [-0.2, -0.15) is 0 Å². The molecular weight excluding hydrogens is 440 g/mol. The molecule has 0 aliphatic rings. The quantitative estimate of drug-likeness (QED) is 0.366. The number of hydrogen-bond acceptors (Lipinski definition) is 8. The Labute approximate surface area is 194 Å². The minimum absolute atomic E-state index is 0.283. The van der Waals surface area contributed by atoms with Crippen LogP contribution in [0.15, 0.2) is 58.6 Å². The van der Waals surface area contributed by atoms with Crippen LogP contribution in [0.25, 0.3) is 17.5 Å². The van der Waals surface area contributed by atoms with E-state index >= 15 is 0 Å². The Hall–Kier alpha value is -3.98. The molecule has 0 spiro atoms. The van der Waals surface area contributed by atoms with Crippen molar-refractivity contribution < 1.29 is 18.8 Å². The van der Waals surface area contributed by atoms with Crippen molar-refractivity contribution in [1.29, 1.82) is 0 Å². The van der Waals surface area contributed by atoms with Crippen molar-refractivity contribution in [2.75, 3.05) is 12.4 Å². The molecule has 3 aromatic heterocycles. The summed E-state index contributed by atoms with van der Waals surface area (Å²) in [5.41, 5.74) is 3.97. The van der Waals surface area contributed by atoms with Crippen LogP contribution in [-0.4, -0.2) is 28.1 Å². The van der Waals surface area contributed by atoms with Crippen molar-refractivity contribution in [3.63, 3.8) is 0 Å². The summed E-state index contributed by atoms with van der Waals surface area (Å²) in [6.45, 7) is 4.04. The standard InChI is InChI=1S/C24H22N4O4S/c1-15-18(16(2)32-28-15)13-31-21-9-7-17(12-22(21)30-3)8-10-23(29)27-24-26-20(14-33-24)19-6-4-5-11-25-19/h4-12,14H,13H2,1-3H3,(H,26,27,29)/b10-8+. The van der Waals surface area contributed by atoms with E-state index in [9.17, 15) is 4.79 Å².